The molecule has 1 unspecified atom stereocenters. The summed E-state index contributed by atoms with van der Waals surface area (Å²) in [6.45, 7) is 9.42. The Morgan fingerprint density at radius 1 is 1.05 bits per heavy atom. The van der Waals surface area contributed by atoms with E-state index in [1.165, 1.54) is 0 Å². The Hall–Kier alpha value is -1.59. The van der Waals surface area contributed by atoms with Gasteiger partial charge in [-0.3, -0.25) is 0 Å². The van der Waals surface area contributed by atoms with Crippen molar-refractivity contribution >= 4 is 5.95 Å². The number of ether oxygens (including phenoxy) is 2. The first kappa shape index (κ1) is 15.5. The molecule has 1 rings (SSSR count). The van der Waals surface area contributed by atoms with Gasteiger partial charge in [-0.2, -0.15) is 9.97 Å². The van der Waals surface area contributed by atoms with Crippen LogP contribution in [0.2, 0.25) is 0 Å². The lowest BCUT2D eigenvalue weighted by Crippen LogP contribution is -2.15. The quantitative estimate of drug-likeness (QED) is 0.742. The summed E-state index contributed by atoms with van der Waals surface area (Å²) in [5.74, 6) is 0.499. The topological polar surface area (TPSA) is 69.2 Å². The number of nitrogens with zero attached hydrogens (tertiary/aromatic N) is 3. The van der Waals surface area contributed by atoms with Crippen LogP contribution in [0.1, 0.15) is 47.0 Å². The minimum absolute atomic E-state index is 0.0842. The normalized spacial score (nSPS) is 12.0. The molecule has 6 heteroatoms. The number of anilines is 1. The fraction of sp³-hybridized carbons (Fsp3) is 0.769. The number of nitrogens with one attached hydrogen (secondary N) is 1. The first-order valence-electron chi connectivity index (χ1n) is 6.98. The molecule has 0 saturated heterocycles. The molecule has 0 aliphatic rings. The molecule has 108 valence electrons. The third kappa shape index (κ3) is 5.72. The molecule has 0 aliphatic carbocycles. The lowest BCUT2D eigenvalue weighted by molar-refractivity contribution is 0.187. The summed E-state index contributed by atoms with van der Waals surface area (Å²) >= 11 is 0. The molecule has 19 heavy (non-hydrogen) atoms. The molecule has 1 aromatic heterocycles. The number of hydrogen-bond donors (Lipinski definition) is 1. The van der Waals surface area contributed by atoms with Crippen LogP contribution in [-0.4, -0.2) is 34.2 Å². The summed E-state index contributed by atoms with van der Waals surface area (Å²) in [4.78, 5) is 12.6. The van der Waals surface area contributed by atoms with Crippen LogP contribution in [0.3, 0.4) is 0 Å². The lowest BCUT2D eigenvalue weighted by atomic mass is 10.2. The molecule has 1 atom stereocenters. The van der Waals surface area contributed by atoms with Gasteiger partial charge in [0.25, 0.3) is 0 Å². The van der Waals surface area contributed by atoms with E-state index in [1.807, 2.05) is 13.8 Å². The van der Waals surface area contributed by atoms with Crippen LogP contribution in [-0.2, 0) is 0 Å². The second-order valence-corrected chi connectivity index (χ2v) is 4.30. The van der Waals surface area contributed by atoms with E-state index in [0.717, 1.165) is 25.8 Å². The summed E-state index contributed by atoms with van der Waals surface area (Å²) in [6, 6.07) is 0.618. The predicted octanol–water partition coefficient (Wildman–Crippen LogP) is 2.66. The predicted molar refractivity (Wildman–Crippen MR) is 74.8 cm³/mol. The average Bonchev–Trinajstić information content (AvgIpc) is 2.36. The fourth-order valence-corrected chi connectivity index (χ4v) is 1.55. The third-order valence-corrected chi connectivity index (χ3v) is 2.40. The summed E-state index contributed by atoms with van der Waals surface area (Å²) in [5.41, 5.74) is 0. The van der Waals surface area contributed by atoms with Gasteiger partial charge in [-0.25, -0.2) is 0 Å². The maximum absolute atomic E-state index is 5.68. The van der Waals surface area contributed by atoms with Crippen molar-refractivity contribution in [1.82, 2.24) is 15.0 Å². The van der Waals surface area contributed by atoms with Crippen molar-refractivity contribution in [2.45, 2.75) is 53.1 Å². The molecule has 1 heterocycles. The van der Waals surface area contributed by atoms with Crippen molar-refractivity contribution in [3.63, 3.8) is 0 Å². The highest BCUT2D eigenvalue weighted by molar-refractivity contribution is 5.27. The smallest absolute Gasteiger partial charge is 0.324 e. The van der Waals surface area contributed by atoms with Crippen LogP contribution in [0.4, 0.5) is 5.95 Å². The summed E-state index contributed by atoms with van der Waals surface area (Å²) in [7, 11) is 0. The number of aromatic nitrogens is 3. The van der Waals surface area contributed by atoms with Gasteiger partial charge in [0.2, 0.25) is 5.95 Å². The van der Waals surface area contributed by atoms with E-state index in [4.69, 9.17) is 9.47 Å². The SMILES string of the molecule is CCCNc1nc(OCC)nc(OC(C)CCC)n1. The Kier molecular flexibility index (Phi) is 6.92. The molecule has 0 fully saturated rings. The fourth-order valence-electron chi connectivity index (χ4n) is 1.55. The Labute approximate surface area is 115 Å². The maximum atomic E-state index is 5.68. The van der Waals surface area contributed by atoms with Crippen molar-refractivity contribution in [2.75, 3.05) is 18.5 Å². The van der Waals surface area contributed by atoms with E-state index < -0.39 is 0 Å². The molecular weight excluding hydrogens is 244 g/mol. The van der Waals surface area contributed by atoms with Gasteiger partial charge in [0.1, 0.15) is 0 Å². The monoisotopic (exact) mass is 268 g/mol. The van der Waals surface area contributed by atoms with Gasteiger partial charge < -0.3 is 14.8 Å². The molecule has 0 aliphatic heterocycles. The van der Waals surface area contributed by atoms with Crippen LogP contribution in [0.15, 0.2) is 0 Å². The van der Waals surface area contributed by atoms with Crippen LogP contribution in [0, 0.1) is 0 Å². The first-order chi connectivity index (χ1) is 9.19. The van der Waals surface area contributed by atoms with E-state index in [1.54, 1.807) is 0 Å². The zero-order valence-corrected chi connectivity index (χ0v) is 12.3. The van der Waals surface area contributed by atoms with Gasteiger partial charge in [-0.05, 0) is 26.7 Å². The van der Waals surface area contributed by atoms with Crippen molar-refractivity contribution in [3.05, 3.63) is 0 Å². The summed E-state index contributed by atoms with van der Waals surface area (Å²) in [5, 5.41) is 3.12. The average molecular weight is 268 g/mol. The Bertz CT molecular complexity index is 374. The zero-order valence-electron chi connectivity index (χ0n) is 12.3. The van der Waals surface area contributed by atoms with Crippen LogP contribution < -0.4 is 14.8 Å². The lowest BCUT2D eigenvalue weighted by Gasteiger charge is -2.13. The summed E-state index contributed by atoms with van der Waals surface area (Å²) in [6.07, 6.45) is 3.11. The van der Waals surface area contributed by atoms with Gasteiger partial charge in [-0.15, -0.1) is 4.98 Å². The van der Waals surface area contributed by atoms with Gasteiger partial charge in [0, 0.05) is 6.54 Å². The molecular formula is C13H24N4O2. The van der Waals surface area contributed by atoms with Crippen LogP contribution >= 0.6 is 0 Å². The zero-order chi connectivity index (χ0) is 14.1. The highest BCUT2D eigenvalue weighted by Crippen LogP contribution is 2.15. The molecule has 1 aromatic rings. The second kappa shape index (κ2) is 8.50. The Balaban J connectivity index is 2.79. The molecule has 0 spiro atoms. The van der Waals surface area contributed by atoms with E-state index in [0.29, 0.717) is 24.6 Å². The highest BCUT2D eigenvalue weighted by Gasteiger charge is 2.11. The first-order valence-corrected chi connectivity index (χ1v) is 6.98. The van der Waals surface area contributed by atoms with Crippen LogP contribution in [0.5, 0.6) is 12.0 Å². The largest absolute Gasteiger partial charge is 0.464 e. The van der Waals surface area contributed by atoms with E-state index in [9.17, 15) is 0 Å². The van der Waals surface area contributed by atoms with Crippen molar-refractivity contribution in [3.8, 4) is 12.0 Å². The minimum Gasteiger partial charge on any atom is -0.464 e. The minimum atomic E-state index is 0.0842. The third-order valence-electron chi connectivity index (χ3n) is 2.40. The molecule has 0 amide bonds. The van der Waals surface area contributed by atoms with Crippen LogP contribution in [0.25, 0.3) is 0 Å². The van der Waals surface area contributed by atoms with Crippen molar-refractivity contribution in [1.29, 1.82) is 0 Å². The molecule has 0 radical (unpaired) electrons. The molecule has 6 nitrogen and oxygen atoms in total. The second-order valence-electron chi connectivity index (χ2n) is 4.30. The number of hydrogen-bond acceptors (Lipinski definition) is 6. The van der Waals surface area contributed by atoms with Gasteiger partial charge in [0.15, 0.2) is 0 Å². The van der Waals surface area contributed by atoms with E-state index in [2.05, 4.69) is 34.1 Å². The Morgan fingerprint density at radius 2 is 1.79 bits per heavy atom. The molecule has 0 aromatic carbocycles. The highest BCUT2D eigenvalue weighted by atomic mass is 16.5. The van der Waals surface area contributed by atoms with E-state index >= 15 is 0 Å². The maximum Gasteiger partial charge on any atom is 0.324 e. The van der Waals surface area contributed by atoms with Crippen molar-refractivity contribution < 1.29 is 9.47 Å². The Morgan fingerprint density at radius 3 is 2.42 bits per heavy atom. The standard InChI is InChI=1S/C13H24N4O2/c1-5-8-10(4)19-13-16-11(14-9-6-2)15-12(17-13)18-7-3/h10H,5-9H2,1-4H3,(H,14,15,16,17). The summed E-state index contributed by atoms with van der Waals surface area (Å²) < 4.78 is 11.0. The number of rotatable bonds is 9. The molecule has 0 bridgehead atoms. The van der Waals surface area contributed by atoms with Crippen molar-refractivity contribution in [2.24, 2.45) is 0 Å². The van der Waals surface area contributed by atoms with Gasteiger partial charge >= 0.3 is 12.0 Å². The van der Waals surface area contributed by atoms with Gasteiger partial charge in [0.05, 0.1) is 12.7 Å². The molecule has 1 N–H and O–H groups in total. The van der Waals surface area contributed by atoms with Gasteiger partial charge in [-0.1, -0.05) is 20.3 Å². The molecule has 0 saturated carbocycles. The van der Waals surface area contributed by atoms with E-state index in [-0.39, 0.29) is 6.10 Å².